The lowest BCUT2D eigenvalue weighted by atomic mass is 9.97. The van der Waals surface area contributed by atoms with E-state index < -0.39 is 17.5 Å². The third-order valence-electron chi connectivity index (χ3n) is 5.86. The van der Waals surface area contributed by atoms with Crippen molar-refractivity contribution < 1.29 is 13.2 Å². The Morgan fingerprint density at radius 1 is 1.13 bits per heavy atom. The summed E-state index contributed by atoms with van der Waals surface area (Å²) >= 11 is 0. The minimum Gasteiger partial charge on any atom is -0.301 e. The van der Waals surface area contributed by atoms with E-state index in [1.54, 1.807) is 10.6 Å². The third-order valence-corrected chi connectivity index (χ3v) is 5.86. The summed E-state index contributed by atoms with van der Waals surface area (Å²) in [4.78, 5) is 19.9. The predicted octanol–water partition coefficient (Wildman–Crippen LogP) is 4.60. The van der Waals surface area contributed by atoms with Crippen LogP contribution < -0.4 is 5.56 Å². The zero-order valence-corrected chi connectivity index (χ0v) is 17.0. The second-order valence-corrected chi connectivity index (χ2v) is 8.28. The van der Waals surface area contributed by atoms with E-state index in [9.17, 15) is 18.0 Å². The first-order chi connectivity index (χ1) is 14.3. The minimum absolute atomic E-state index is 0.179. The molecule has 1 saturated heterocycles. The molecule has 0 N–H and O–H groups in total. The van der Waals surface area contributed by atoms with Gasteiger partial charge in [-0.25, -0.2) is 18.2 Å². The standard InChI is InChI=1S/C23H24F3N3O/c1-14(2)28-7-3-4-15(11-28)12-29-13-27-21-6-5-16(8-18(21)23(29)30)22-19(25)9-17(24)10-20(22)26/h5-6,8-10,13-15H,3-4,7,11-12H2,1-2H3/t15-/m0/s1. The van der Waals surface area contributed by atoms with Crippen LogP contribution in [0.3, 0.4) is 0 Å². The minimum atomic E-state index is -1.01. The molecule has 1 aliphatic rings. The zero-order valence-electron chi connectivity index (χ0n) is 17.0. The molecule has 158 valence electrons. The molecule has 0 amide bonds. The molecule has 1 aliphatic heterocycles. The number of rotatable bonds is 4. The van der Waals surface area contributed by atoms with Crippen molar-refractivity contribution in [2.45, 2.75) is 39.3 Å². The number of fused-ring (bicyclic) bond motifs is 1. The summed E-state index contributed by atoms with van der Waals surface area (Å²) in [5.41, 5.74) is 0.0348. The van der Waals surface area contributed by atoms with Gasteiger partial charge in [-0.05, 0) is 56.8 Å². The van der Waals surface area contributed by atoms with Gasteiger partial charge < -0.3 is 4.90 Å². The molecule has 1 atom stereocenters. The Hall–Kier alpha value is -2.67. The van der Waals surface area contributed by atoms with Gasteiger partial charge >= 0.3 is 0 Å². The van der Waals surface area contributed by atoms with Gasteiger partial charge in [-0.2, -0.15) is 0 Å². The van der Waals surface area contributed by atoms with Crippen molar-refractivity contribution in [2.75, 3.05) is 13.1 Å². The average molecular weight is 415 g/mol. The van der Waals surface area contributed by atoms with Gasteiger partial charge in [0.05, 0.1) is 22.8 Å². The van der Waals surface area contributed by atoms with E-state index in [1.807, 2.05) is 0 Å². The molecular weight excluding hydrogens is 391 g/mol. The largest absolute Gasteiger partial charge is 0.301 e. The van der Waals surface area contributed by atoms with E-state index in [2.05, 4.69) is 23.7 Å². The third kappa shape index (κ3) is 3.99. The molecule has 30 heavy (non-hydrogen) atoms. The van der Waals surface area contributed by atoms with Gasteiger partial charge in [0.1, 0.15) is 17.5 Å². The van der Waals surface area contributed by atoms with Crippen LogP contribution in [0.1, 0.15) is 26.7 Å². The van der Waals surface area contributed by atoms with Crippen molar-refractivity contribution in [3.05, 3.63) is 64.5 Å². The summed E-state index contributed by atoms with van der Waals surface area (Å²) in [6.07, 6.45) is 3.67. The number of nitrogens with zero attached hydrogens (tertiary/aromatic N) is 3. The van der Waals surface area contributed by atoms with E-state index in [0.717, 1.165) is 25.9 Å². The maximum Gasteiger partial charge on any atom is 0.261 e. The van der Waals surface area contributed by atoms with E-state index in [4.69, 9.17) is 0 Å². The molecule has 3 aromatic rings. The molecule has 1 aromatic heterocycles. The van der Waals surface area contributed by atoms with Gasteiger partial charge in [-0.15, -0.1) is 0 Å². The second-order valence-electron chi connectivity index (χ2n) is 8.28. The number of piperidine rings is 1. The fourth-order valence-corrected chi connectivity index (χ4v) is 4.26. The second kappa shape index (κ2) is 8.22. The maximum absolute atomic E-state index is 14.2. The molecule has 0 radical (unpaired) electrons. The van der Waals surface area contributed by atoms with Crippen molar-refractivity contribution in [1.82, 2.24) is 14.5 Å². The molecule has 7 heteroatoms. The summed E-state index contributed by atoms with van der Waals surface area (Å²) in [6, 6.07) is 6.20. The summed E-state index contributed by atoms with van der Waals surface area (Å²) in [6.45, 7) is 6.88. The number of likely N-dealkylation sites (tertiary alicyclic amines) is 1. The van der Waals surface area contributed by atoms with Crippen LogP contribution in [0.4, 0.5) is 13.2 Å². The highest BCUT2D eigenvalue weighted by Crippen LogP contribution is 2.28. The number of hydrogen-bond donors (Lipinski definition) is 0. The lowest BCUT2D eigenvalue weighted by Crippen LogP contribution is -2.42. The van der Waals surface area contributed by atoms with Gasteiger partial charge in [0.25, 0.3) is 5.56 Å². The Morgan fingerprint density at radius 2 is 1.87 bits per heavy atom. The summed E-state index contributed by atoms with van der Waals surface area (Å²) < 4.78 is 43.2. The van der Waals surface area contributed by atoms with Gasteiger partial charge in [0.2, 0.25) is 0 Å². The normalized spacial score (nSPS) is 17.7. The quantitative estimate of drug-likeness (QED) is 0.625. The fraction of sp³-hybridized carbons (Fsp3) is 0.391. The highest BCUT2D eigenvalue weighted by Gasteiger charge is 2.23. The summed E-state index contributed by atoms with van der Waals surface area (Å²) in [5, 5.41) is 0.287. The van der Waals surface area contributed by atoms with Gasteiger partial charge in [0, 0.05) is 31.3 Å². The van der Waals surface area contributed by atoms with E-state index in [1.165, 1.54) is 18.5 Å². The predicted molar refractivity (Wildman–Crippen MR) is 111 cm³/mol. The molecule has 0 spiro atoms. The van der Waals surface area contributed by atoms with Gasteiger partial charge in [-0.1, -0.05) is 6.07 Å². The Balaban J connectivity index is 1.70. The lowest BCUT2D eigenvalue weighted by molar-refractivity contribution is 0.130. The Bertz CT molecular complexity index is 1120. The van der Waals surface area contributed by atoms with Crippen LogP contribution >= 0.6 is 0 Å². The van der Waals surface area contributed by atoms with Crippen molar-refractivity contribution in [3.63, 3.8) is 0 Å². The molecule has 0 aliphatic carbocycles. The number of aromatic nitrogens is 2. The van der Waals surface area contributed by atoms with Crippen molar-refractivity contribution in [1.29, 1.82) is 0 Å². The molecule has 4 rings (SSSR count). The first-order valence-electron chi connectivity index (χ1n) is 10.2. The monoisotopic (exact) mass is 415 g/mol. The van der Waals surface area contributed by atoms with E-state index in [0.29, 0.717) is 36.2 Å². The van der Waals surface area contributed by atoms with E-state index in [-0.39, 0.29) is 22.1 Å². The van der Waals surface area contributed by atoms with E-state index >= 15 is 0 Å². The highest BCUT2D eigenvalue weighted by molar-refractivity contribution is 5.83. The highest BCUT2D eigenvalue weighted by atomic mass is 19.1. The van der Waals surface area contributed by atoms with Crippen LogP contribution in [0.2, 0.25) is 0 Å². The molecule has 0 bridgehead atoms. The molecule has 1 fully saturated rings. The molecule has 2 aromatic carbocycles. The molecule has 0 unspecified atom stereocenters. The van der Waals surface area contributed by atoms with Crippen molar-refractivity contribution in [3.8, 4) is 11.1 Å². The van der Waals surface area contributed by atoms with Crippen LogP contribution in [0, 0.1) is 23.4 Å². The molecule has 4 nitrogen and oxygen atoms in total. The number of benzene rings is 2. The first-order valence-corrected chi connectivity index (χ1v) is 10.2. The Labute approximate surface area is 173 Å². The van der Waals surface area contributed by atoms with Gasteiger partial charge in [0.15, 0.2) is 0 Å². The summed E-state index contributed by atoms with van der Waals surface area (Å²) in [5.74, 6) is -2.66. The lowest BCUT2D eigenvalue weighted by Gasteiger charge is -2.35. The first kappa shape index (κ1) is 20.6. The maximum atomic E-state index is 14.2. The SMILES string of the molecule is CC(C)N1CCC[C@H](Cn2cnc3ccc(-c4c(F)cc(F)cc4F)cc3c2=O)C1. The molecule has 2 heterocycles. The zero-order chi connectivity index (χ0) is 21.4. The average Bonchev–Trinajstić information content (AvgIpc) is 2.70. The van der Waals surface area contributed by atoms with Crippen LogP contribution in [0.25, 0.3) is 22.0 Å². The van der Waals surface area contributed by atoms with Gasteiger partial charge in [-0.3, -0.25) is 9.36 Å². The smallest absolute Gasteiger partial charge is 0.261 e. The van der Waals surface area contributed by atoms with Crippen LogP contribution in [-0.2, 0) is 6.54 Å². The number of hydrogen-bond acceptors (Lipinski definition) is 3. The Morgan fingerprint density at radius 3 is 2.57 bits per heavy atom. The van der Waals surface area contributed by atoms with Crippen LogP contribution in [0.5, 0.6) is 0 Å². The van der Waals surface area contributed by atoms with Crippen molar-refractivity contribution >= 4 is 10.9 Å². The van der Waals surface area contributed by atoms with Crippen LogP contribution in [-0.4, -0.2) is 33.6 Å². The topological polar surface area (TPSA) is 38.1 Å². The number of halogens is 3. The summed E-state index contributed by atoms with van der Waals surface area (Å²) in [7, 11) is 0. The van der Waals surface area contributed by atoms with Crippen molar-refractivity contribution in [2.24, 2.45) is 5.92 Å². The fourth-order valence-electron chi connectivity index (χ4n) is 4.26. The Kier molecular flexibility index (Phi) is 5.64. The molecular formula is C23H24F3N3O. The van der Waals surface area contributed by atoms with Crippen LogP contribution in [0.15, 0.2) is 41.5 Å². The molecule has 0 saturated carbocycles.